The van der Waals surface area contributed by atoms with Crippen LogP contribution < -0.4 is 5.32 Å². The van der Waals surface area contributed by atoms with Crippen LogP contribution in [0.4, 0.5) is 0 Å². The SMILES string of the molecule is CCCNCC(C(C)C)N(CC1CC1)CC1CC1. The molecule has 2 aliphatic rings. The molecule has 2 rings (SSSR count). The van der Waals surface area contributed by atoms with E-state index in [0.29, 0.717) is 0 Å². The molecule has 1 atom stereocenters. The van der Waals surface area contributed by atoms with Gasteiger partial charge in [-0.15, -0.1) is 0 Å². The summed E-state index contributed by atoms with van der Waals surface area (Å²) in [6, 6.07) is 0.748. The summed E-state index contributed by atoms with van der Waals surface area (Å²) in [4.78, 5) is 2.82. The molecular formula is C16H32N2. The van der Waals surface area contributed by atoms with Gasteiger partial charge in [-0.3, -0.25) is 4.90 Å². The first-order valence-corrected chi connectivity index (χ1v) is 8.15. The maximum Gasteiger partial charge on any atom is 0.0243 e. The van der Waals surface area contributed by atoms with Gasteiger partial charge in [0.2, 0.25) is 0 Å². The van der Waals surface area contributed by atoms with E-state index >= 15 is 0 Å². The number of rotatable bonds is 10. The second-order valence-electron chi connectivity index (χ2n) is 6.86. The molecule has 2 saturated carbocycles. The van der Waals surface area contributed by atoms with Crippen molar-refractivity contribution >= 4 is 0 Å². The average Bonchev–Trinajstić information content (AvgIpc) is 3.18. The lowest BCUT2D eigenvalue weighted by molar-refractivity contribution is 0.139. The highest BCUT2D eigenvalue weighted by atomic mass is 15.2. The minimum atomic E-state index is 0.748. The first-order valence-electron chi connectivity index (χ1n) is 8.15. The Kier molecular flexibility index (Phi) is 5.50. The molecule has 2 aliphatic carbocycles. The van der Waals surface area contributed by atoms with E-state index in [1.165, 1.54) is 58.3 Å². The quantitative estimate of drug-likeness (QED) is 0.601. The van der Waals surface area contributed by atoms with E-state index in [-0.39, 0.29) is 0 Å². The van der Waals surface area contributed by atoms with Crippen LogP contribution in [0.25, 0.3) is 0 Å². The molecule has 2 heteroatoms. The molecule has 0 spiro atoms. The zero-order chi connectivity index (χ0) is 13.0. The first-order chi connectivity index (χ1) is 8.70. The summed E-state index contributed by atoms with van der Waals surface area (Å²) in [5.41, 5.74) is 0. The van der Waals surface area contributed by atoms with Gasteiger partial charge < -0.3 is 5.32 Å². The lowest BCUT2D eigenvalue weighted by Crippen LogP contribution is -2.47. The van der Waals surface area contributed by atoms with Crippen molar-refractivity contribution in [2.75, 3.05) is 26.2 Å². The van der Waals surface area contributed by atoms with E-state index < -0.39 is 0 Å². The Balaban J connectivity index is 1.84. The van der Waals surface area contributed by atoms with Gasteiger partial charge in [0.05, 0.1) is 0 Å². The average molecular weight is 252 g/mol. The third-order valence-electron chi connectivity index (χ3n) is 4.40. The van der Waals surface area contributed by atoms with Gasteiger partial charge in [-0.05, 0) is 56.4 Å². The first kappa shape index (κ1) is 14.3. The molecule has 18 heavy (non-hydrogen) atoms. The molecule has 1 unspecified atom stereocenters. The van der Waals surface area contributed by atoms with Crippen molar-refractivity contribution in [2.45, 2.75) is 58.9 Å². The summed E-state index contributed by atoms with van der Waals surface area (Å²) < 4.78 is 0. The van der Waals surface area contributed by atoms with Gasteiger partial charge in [0.15, 0.2) is 0 Å². The van der Waals surface area contributed by atoms with Crippen LogP contribution in [0.1, 0.15) is 52.9 Å². The summed E-state index contributed by atoms with van der Waals surface area (Å²) in [5.74, 6) is 2.82. The number of nitrogens with one attached hydrogen (secondary N) is 1. The molecule has 0 aromatic carbocycles. The molecule has 0 heterocycles. The fourth-order valence-electron chi connectivity index (χ4n) is 2.82. The van der Waals surface area contributed by atoms with E-state index in [1.54, 1.807) is 0 Å². The lowest BCUT2D eigenvalue weighted by Gasteiger charge is -2.35. The Labute approximate surface area is 114 Å². The highest BCUT2D eigenvalue weighted by Crippen LogP contribution is 2.35. The van der Waals surface area contributed by atoms with E-state index in [0.717, 1.165) is 23.8 Å². The molecule has 2 fully saturated rings. The monoisotopic (exact) mass is 252 g/mol. The van der Waals surface area contributed by atoms with Crippen LogP contribution in [0.5, 0.6) is 0 Å². The van der Waals surface area contributed by atoms with Gasteiger partial charge in [0.1, 0.15) is 0 Å². The number of hydrogen-bond donors (Lipinski definition) is 1. The number of hydrogen-bond acceptors (Lipinski definition) is 2. The second-order valence-corrected chi connectivity index (χ2v) is 6.86. The van der Waals surface area contributed by atoms with Crippen LogP contribution >= 0.6 is 0 Å². The highest BCUT2D eigenvalue weighted by Gasteiger charge is 2.33. The van der Waals surface area contributed by atoms with Crippen molar-refractivity contribution in [3.05, 3.63) is 0 Å². The predicted octanol–water partition coefficient (Wildman–Crippen LogP) is 3.13. The largest absolute Gasteiger partial charge is 0.315 e. The number of nitrogens with zero attached hydrogens (tertiary/aromatic N) is 1. The van der Waals surface area contributed by atoms with E-state index in [4.69, 9.17) is 0 Å². The van der Waals surface area contributed by atoms with Crippen molar-refractivity contribution in [3.8, 4) is 0 Å². The Morgan fingerprint density at radius 1 is 1.06 bits per heavy atom. The lowest BCUT2D eigenvalue weighted by atomic mass is 10.0. The fraction of sp³-hybridized carbons (Fsp3) is 1.00. The van der Waals surface area contributed by atoms with Crippen LogP contribution in [0.15, 0.2) is 0 Å². The molecule has 0 bridgehead atoms. The minimum absolute atomic E-state index is 0.748. The smallest absolute Gasteiger partial charge is 0.0243 e. The van der Waals surface area contributed by atoms with Gasteiger partial charge in [0, 0.05) is 25.7 Å². The van der Waals surface area contributed by atoms with Crippen molar-refractivity contribution in [2.24, 2.45) is 17.8 Å². The Morgan fingerprint density at radius 3 is 2.00 bits per heavy atom. The van der Waals surface area contributed by atoms with Crippen LogP contribution in [-0.4, -0.2) is 37.1 Å². The van der Waals surface area contributed by atoms with Crippen LogP contribution in [0, 0.1) is 17.8 Å². The molecule has 0 aromatic heterocycles. The van der Waals surface area contributed by atoms with Gasteiger partial charge in [-0.2, -0.15) is 0 Å². The van der Waals surface area contributed by atoms with E-state index in [1.807, 2.05) is 0 Å². The molecular weight excluding hydrogens is 220 g/mol. The molecule has 2 nitrogen and oxygen atoms in total. The molecule has 1 N–H and O–H groups in total. The predicted molar refractivity (Wildman–Crippen MR) is 78.8 cm³/mol. The highest BCUT2D eigenvalue weighted by molar-refractivity contribution is 4.87. The van der Waals surface area contributed by atoms with E-state index in [9.17, 15) is 0 Å². The second kappa shape index (κ2) is 6.91. The van der Waals surface area contributed by atoms with Gasteiger partial charge in [0.25, 0.3) is 0 Å². The van der Waals surface area contributed by atoms with Crippen LogP contribution in [0.2, 0.25) is 0 Å². The molecule has 0 saturated heterocycles. The van der Waals surface area contributed by atoms with Crippen molar-refractivity contribution in [3.63, 3.8) is 0 Å². The van der Waals surface area contributed by atoms with Crippen LogP contribution in [0.3, 0.4) is 0 Å². The third-order valence-corrected chi connectivity index (χ3v) is 4.40. The zero-order valence-electron chi connectivity index (χ0n) is 12.6. The van der Waals surface area contributed by atoms with Crippen molar-refractivity contribution in [1.82, 2.24) is 10.2 Å². The van der Waals surface area contributed by atoms with Gasteiger partial charge in [-0.1, -0.05) is 20.8 Å². The molecule has 0 amide bonds. The maximum absolute atomic E-state index is 3.64. The zero-order valence-corrected chi connectivity index (χ0v) is 12.6. The summed E-state index contributed by atoms with van der Waals surface area (Å²) in [6.45, 7) is 12.1. The Hall–Kier alpha value is -0.0800. The minimum Gasteiger partial charge on any atom is -0.315 e. The van der Waals surface area contributed by atoms with Crippen LogP contribution in [-0.2, 0) is 0 Å². The third kappa shape index (κ3) is 4.89. The summed E-state index contributed by atoms with van der Waals surface area (Å²) in [7, 11) is 0. The maximum atomic E-state index is 3.64. The normalized spacial score (nSPS) is 21.8. The summed E-state index contributed by atoms with van der Waals surface area (Å²) >= 11 is 0. The molecule has 0 aromatic rings. The van der Waals surface area contributed by atoms with Gasteiger partial charge >= 0.3 is 0 Å². The molecule has 0 aliphatic heterocycles. The van der Waals surface area contributed by atoms with E-state index in [2.05, 4.69) is 31.0 Å². The molecule has 106 valence electrons. The van der Waals surface area contributed by atoms with Crippen molar-refractivity contribution < 1.29 is 0 Å². The fourth-order valence-corrected chi connectivity index (χ4v) is 2.82. The van der Waals surface area contributed by atoms with Gasteiger partial charge in [-0.25, -0.2) is 0 Å². The summed E-state index contributed by atoms with van der Waals surface area (Å²) in [5, 5.41) is 3.64. The molecule has 0 radical (unpaired) electrons. The standard InChI is InChI=1S/C16H32N2/c1-4-9-17-10-16(13(2)3)18(11-14-5-6-14)12-15-7-8-15/h13-17H,4-12H2,1-3H3. The summed E-state index contributed by atoms with van der Waals surface area (Å²) in [6.07, 6.45) is 7.17. The Morgan fingerprint density at radius 2 is 1.61 bits per heavy atom. The topological polar surface area (TPSA) is 15.3 Å². The Bertz CT molecular complexity index is 217. The van der Waals surface area contributed by atoms with Crippen molar-refractivity contribution in [1.29, 1.82) is 0 Å².